The minimum absolute atomic E-state index is 0.397. The van der Waals surface area contributed by atoms with Gasteiger partial charge in [0.05, 0.1) is 0 Å². The van der Waals surface area contributed by atoms with E-state index in [9.17, 15) is 0 Å². The van der Waals surface area contributed by atoms with Crippen molar-refractivity contribution in [2.24, 2.45) is 5.84 Å². The first-order chi connectivity index (χ1) is 6.86. The SMILES string of the molecule is C=CCCCC(Cc1cccs1)NN. The fraction of sp³-hybridized carbons (Fsp3) is 0.455. The predicted molar refractivity (Wildman–Crippen MR) is 63.2 cm³/mol. The molecule has 1 rings (SSSR count). The summed E-state index contributed by atoms with van der Waals surface area (Å²) in [5.74, 6) is 5.50. The summed E-state index contributed by atoms with van der Waals surface area (Å²) >= 11 is 1.79. The van der Waals surface area contributed by atoms with Crippen LogP contribution in [-0.2, 0) is 6.42 Å². The largest absolute Gasteiger partial charge is 0.271 e. The highest BCUT2D eigenvalue weighted by Crippen LogP contribution is 2.13. The van der Waals surface area contributed by atoms with E-state index in [1.54, 1.807) is 11.3 Å². The molecular formula is C11H18N2S. The Labute approximate surface area is 89.8 Å². The molecule has 1 aromatic heterocycles. The first kappa shape index (κ1) is 11.4. The maximum Gasteiger partial charge on any atom is 0.0258 e. The zero-order valence-corrected chi connectivity index (χ0v) is 9.22. The second-order valence-corrected chi connectivity index (χ2v) is 4.40. The van der Waals surface area contributed by atoms with E-state index in [0.717, 1.165) is 25.7 Å². The number of nitrogens with two attached hydrogens (primary N) is 1. The summed E-state index contributed by atoms with van der Waals surface area (Å²) in [6, 6.07) is 4.63. The molecule has 0 fully saturated rings. The lowest BCUT2D eigenvalue weighted by molar-refractivity contribution is 0.481. The van der Waals surface area contributed by atoms with Gasteiger partial charge in [0, 0.05) is 10.9 Å². The average molecular weight is 210 g/mol. The summed E-state index contributed by atoms with van der Waals surface area (Å²) < 4.78 is 0. The molecule has 1 unspecified atom stereocenters. The molecular weight excluding hydrogens is 192 g/mol. The first-order valence-electron chi connectivity index (χ1n) is 4.96. The molecule has 0 aliphatic carbocycles. The number of hydrogen-bond donors (Lipinski definition) is 2. The van der Waals surface area contributed by atoms with Gasteiger partial charge in [-0.25, -0.2) is 0 Å². The van der Waals surface area contributed by atoms with E-state index in [1.165, 1.54) is 4.88 Å². The molecule has 0 amide bonds. The third-order valence-electron chi connectivity index (χ3n) is 2.22. The molecule has 0 saturated carbocycles. The third-order valence-corrected chi connectivity index (χ3v) is 3.12. The Morgan fingerprint density at radius 1 is 1.64 bits per heavy atom. The highest BCUT2D eigenvalue weighted by atomic mass is 32.1. The molecule has 0 saturated heterocycles. The van der Waals surface area contributed by atoms with Crippen molar-refractivity contribution >= 4 is 11.3 Å². The van der Waals surface area contributed by atoms with Gasteiger partial charge < -0.3 is 0 Å². The molecule has 3 N–H and O–H groups in total. The van der Waals surface area contributed by atoms with Gasteiger partial charge in [0.25, 0.3) is 0 Å². The number of hydrazine groups is 1. The monoisotopic (exact) mass is 210 g/mol. The summed E-state index contributed by atoms with van der Waals surface area (Å²) in [7, 11) is 0. The molecule has 1 heterocycles. The summed E-state index contributed by atoms with van der Waals surface area (Å²) in [5, 5.41) is 2.10. The van der Waals surface area contributed by atoms with Crippen LogP contribution in [0, 0.1) is 0 Å². The van der Waals surface area contributed by atoms with E-state index < -0.39 is 0 Å². The minimum Gasteiger partial charge on any atom is -0.271 e. The summed E-state index contributed by atoms with van der Waals surface area (Å²) in [6.07, 6.45) is 6.33. The van der Waals surface area contributed by atoms with Gasteiger partial charge in [-0.05, 0) is 37.1 Å². The zero-order chi connectivity index (χ0) is 10.2. The molecule has 2 nitrogen and oxygen atoms in total. The third kappa shape index (κ3) is 4.05. The zero-order valence-electron chi connectivity index (χ0n) is 8.41. The Kier molecular flexibility index (Phi) is 5.52. The second-order valence-electron chi connectivity index (χ2n) is 3.37. The molecule has 0 aliphatic heterocycles. The fourth-order valence-electron chi connectivity index (χ4n) is 1.42. The Morgan fingerprint density at radius 3 is 3.07 bits per heavy atom. The first-order valence-corrected chi connectivity index (χ1v) is 5.84. The van der Waals surface area contributed by atoms with E-state index in [0.29, 0.717) is 6.04 Å². The van der Waals surface area contributed by atoms with Crippen molar-refractivity contribution in [1.29, 1.82) is 0 Å². The van der Waals surface area contributed by atoms with Crippen LogP contribution in [0.2, 0.25) is 0 Å². The molecule has 1 atom stereocenters. The topological polar surface area (TPSA) is 38.0 Å². The van der Waals surface area contributed by atoms with Crippen LogP contribution in [0.5, 0.6) is 0 Å². The van der Waals surface area contributed by atoms with Gasteiger partial charge >= 0.3 is 0 Å². The lowest BCUT2D eigenvalue weighted by Crippen LogP contribution is -2.36. The normalized spacial score (nSPS) is 12.6. The number of hydrogen-bond acceptors (Lipinski definition) is 3. The number of allylic oxidation sites excluding steroid dienone is 1. The fourth-order valence-corrected chi connectivity index (χ4v) is 2.21. The van der Waals surface area contributed by atoms with Crippen molar-refractivity contribution in [2.45, 2.75) is 31.7 Å². The average Bonchev–Trinajstić information content (AvgIpc) is 2.69. The van der Waals surface area contributed by atoms with E-state index >= 15 is 0 Å². The Balaban J connectivity index is 2.28. The van der Waals surface area contributed by atoms with E-state index in [-0.39, 0.29) is 0 Å². The predicted octanol–water partition coefficient (Wildman–Crippen LogP) is 2.48. The molecule has 1 aromatic rings. The highest BCUT2D eigenvalue weighted by Gasteiger charge is 2.07. The van der Waals surface area contributed by atoms with Crippen molar-refractivity contribution in [3.63, 3.8) is 0 Å². The smallest absolute Gasteiger partial charge is 0.0258 e. The lowest BCUT2D eigenvalue weighted by Gasteiger charge is -2.13. The Hall–Kier alpha value is -0.640. The van der Waals surface area contributed by atoms with Gasteiger partial charge in [-0.15, -0.1) is 17.9 Å². The van der Waals surface area contributed by atoms with Crippen LogP contribution in [0.3, 0.4) is 0 Å². The number of nitrogens with one attached hydrogen (secondary N) is 1. The van der Waals surface area contributed by atoms with Gasteiger partial charge in [-0.3, -0.25) is 11.3 Å². The van der Waals surface area contributed by atoms with Crippen LogP contribution in [0.4, 0.5) is 0 Å². The van der Waals surface area contributed by atoms with Crippen molar-refractivity contribution < 1.29 is 0 Å². The van der Waals surface area contributed by atoms with Crippen molar-refractivity contribution in [1.82, 2.24) is 5.43 Å². The van der Waals surface area contributed by atoms with Crippen LogP contribution < -0.4 is 11.3 Å². The van der Waals surface area contributed by atoms with Crippen molar-refractivity contribution in [3.05, 3.63) is 35.0 Å². The molecule has 0 aromatic carbocycles. The molecule has 0 aliphatic rings. The molecule has 0 spiro atoms. The van der Waals surface area contributed by atoms with Gasteiger partial charge in [0.15, 0.2) is 0 Å². The number of unbranched alkanes of at least 4 members (excludes halogenated alkanes) is 1. The summed E-state index contributed by atoms with van der Waals surface area (Å²) in [6.45, 7) is 3.71. The molecule has 0 radical (unpaired) electrons. The highest BCUT2D eigenvalue weighted by molar-refractivity contribution is 7.09. The number of thiophene rings is 1. The standard InChI is InChI=1S/C11H18N2S/c1-2-3-4-6-10(13-12)9-11-7-5-8-14-11/h2,5,7-8,10,13H,1,3-4,6,9,12H2. The maximum absolute atomic E-state index is 5.50. The lowest BCUT2D eigenvalue weighted by atomic mass is 10.1. The van der Waals surface area contributed by atoms with E-state index in [1.807, 2.05) is 6.08 Å². The second kappa shape index (κ2) is 6.76. The van der Waals surface area contributed by atoms with Gasteiger partial charge in [-0.2, -0.15) is 0 Å². The van der Waals surface area contributed by atoms with Gasteiger partial charge in [-0.1, -0.05) is 12.1 Å². The quantitative estimate of drug-likeness (QED) is 0.314. The molecule has 78 valence electrons. The van der Waals surface area contributed by atoms with Crippen molar-refractivity contribution in [3.8, 4) is 0 Å². The Morgan fingerprint density at radius 2 is 2.50 bits per heavy atom. The van der Waals surface area contributed by atoms with E-state index in [4.69, 9.17) is 5.84 Å². The van der Waals surface area contributed by atoms with E-state index in [2.05, 4.69) is 29.5 Å². The number of rotatable bonds is 7. The van der Waals surface area contributed by atoms with Crippen LogP contribution in [0.1, 0.15) is 24.1 Å². The summed E-state index contributed by atoms with van der Waals surface area (Å²) in [5.41, 5.74) is 2.87. The Bertz CT molecular complexity index is 244. The maximum atomic E-state index is 5.50. The van der Waals surface area contributed by atoms with Crippen LogP contribution in [0.25, 0.3) is 0 Å². The van der Waals surface area contributed by atoms with Gasteiger partial charge in [0.1, 0.15) is 0 Å². The molecule has 14 heavy (non-hydrogen) atoms. The van der Waals surface area contributed by atoms with Crippen LogP contribution >= 0.6 is 11.3 Å². The molecule has 0 bridgehead atoms. The minimum atomic E-state index is 0.397. The molecule has 3 heteroatoms. The van der Waals surface area contributed by atoms with Crippen LogP contribution in [0.15, 0.2) is 30.2 Å². The van der Waals surface area contributed by atoms with Crippen molar-refractivity contribution in [2.75, 3.05) is 0 Å². The summed E-state index contributed by atoms with van der Waals surface area (Å²) in [4.78, 5) is 1.39. The van der Waals surface area contributed by atoms with Gasteiger partial charge in [0.2, 0.25) is 0 Å². The van der Waals surface area contributed by atoms with Crippen LogP contribution in [-0.4, -0.2) is 6.04 Å².